The molecule has 1 saturated carbocycles. The second kappa shape index (κ2) is 4.61. The molecule has 98 valence electrons. The minimum absolute atomic E-state index is 0.101. The molecular formula is C15H15NO3. The van der Waals surface area contributed by atoms with Crippen molar-refractivity contribution in [3.63, 3.8) is 0 Å². The topological polar surface area (TPSA) is 54.5 Å². The highest BCUT2D eigenvalue weighted by molar-refractivity contribution is 6.07. The van der Waals surface area contributed by atoms with Crippen molar-refractivity contribution in [3.05, 3.63) is 35.9 Å². The molecule has 1 saturated heterocycles. The highest BCUT2D eigenvalue weighted by atomic mass is 16.2. The Bertz CT molecular complexity index is 538. The molecule has 0 radical (unpaired) electrons. The molecule has 2 atom stereocenters. The number of imide groups is 1. The first-order chi connectivity index (χ1) is 9.16. The zero-order valence-corrected chi connectivity index (χ0v) is 10.5. The summed E-state index contributed by atoms with van der Waals surface area (Å²) in [6.07, 6.45) is 1.19. The van der Waals surface area contributed by atoms with Crippen LogP contribution < -0.4 is 0 Å². The van der Waals surface area contributed by atoms with E-state index in [4.69, 9.17) is 0 Å². The SMILES string of the molecule is O=C1CCC2C(=O)N(Cc3ccccc3)C(=O)C2C1. The Hall–Kier alpha value is -1.97. The van der Waals surface area contributed by atoms with E-state index < -0.39 is 5.92 Å². The maximum Gasteiger partial charge on any atom is 0.233 e. The van der Waals surface area contributed by atoms with Gasteiger partial charge in [-0.15, -0.1) is 0 Å². The zero-order valence-electron chi connectivity index (χ0n) is 10.5. The fourth-order valence-electron chi connectivity index (χ4n) is 2.99. The Labute approximate surface area is 111 Å². The Balaban J connectivity index is 1.81. The molecule has 1 aliphatic carbocycles. The van der Waals surface area contributed by atoms with Crippen LogP contribution in [0.3, 0.4) is 0 Å². The summed E-state index contributed by atoms with van der Waals surface area (Å²) in [5.74, 6) is -0.853. The molecule has 0 spiro atoms. The van der Waals surface area contributed by atoms with Crippen LogP contribution in [0.25, 0.3) is 0 Å². The highest BCUT2D eigenvalue weighted by Gasteiger charge is 2.49. The lowest BCUT2D eigenvalue weighted by molar-refractivity contribution is -0.140. The van der Waals surface area contributed by atoms with Crippen LogP contribution in [0.2, 0.25) is 0 Å². The predicted molar refractivity (Wildman–Crippen MR) is 67.8 cm³/mol. The molecule has 2 aliphatic rings. The maximum absolute atomic E-state index is 12.3. The molecule has 2 amide bonds. The van der Waals surface area contributed by atoms with Gasteiger partial charge < -0.3 is 0 Å². The number of nitrogens with zero attached hydrogens (tertiary/aromatic N) is 1. The van der Waals surface area contributed by atoms with Gasteiger partial charge in [0, 0.05) is 12.8 Å². The van der Waals surface area contributed by atoms with Crippen LogP contribution in [0, 0.1) is 11.8 Å². The van der Waals surface area contributed by atoms with Crippen molar-refractivity contribution in [2.24, 2.45) is 11.8 Å². The molecule has 1 aromatic carbocycles. The molecule has 4 nitrogen and oxygen atoms in total. The van der Waals surface area contributed by atoms with Crippen molar-refractivity contribution in [2.45, 2.75) is 25.8 Å². The fraction of sp³-hybridized carbons (Fsp3) is 0.400. The minimum atomic E-state index is -0.405. The van der Waals surface area contributed by atoms with Crippen LogP contribution in [0.5, 0.6) is 0 Å². The summed E-state index contributed by atoms with van der Waals surface area (Å²) in [5.41, 5.74) is 0.939. The number of Topliss-reactive ketones (excluding diaryl/α,β-unsaturated/α-hetero) is 1. The number of hydrogen-bond acceptors (Lipinski definition) is 3. The van der Waals surface area contributed by atoms with Crippen molar-refractivity contribution < 1.29 is 14.4 Å². The number of benzene rings is 1. The summed E-state index contributed by atoms with van der Waals surface area (Å²) in [6, 6.07) is 9.46. The van der Waals surface area contributed by atoms with Crippen molar-refractivity contribution in [1.29, 1.82) is 0 Å². The van der Waals surface area contributed by atoms with E-state index in [1.54, 1.807) is 0 Å². The normalized spacial score (nSPS) is 26.7. The fourth-order valence-corrected chi connectivity index (χ4v) is 2.99. The lowest BCUT2D eigenvalue weighted by Gasteiger charge is -2.18. The van der Waals surface area contributed by atoms with Gasteiger partial charge in [0.15, 0.2) is 0 Å². The lowest BCUT2D eigenvalue weighted by Crippen LogP contribution is -2.30. The Morgan fingerprint density at radius 3 is 2.42 bits per heavy atom. The number of carbonyl (C=O) groups is 3. The molecule has 1 heterocycles. The molecule has 0 bridgehead atoms. The molecule has 19 heavy (non-hydrogen) atoms. The summed E-state index contributed by atoms with van der Waals surface area (Å²) in [6.45, 7) is 0.319. The average molecular weight is 257 g/mol. The minimum Gasteiger partial charge on any atom is -0.300 e. The van der Waals surface area contributed by atoms with Crippen molar-refractivity contribution in [1.82, 2.24) is 4.90 Å². The predicted octanol–water partition coefficient (Wildman–Crippen LogP) is 1.54. The number of hydrogen-bond donors (Lipinski definition) is 0. The average Bonchev–Trinajstić information content (AvgIpc) is 2.65. The van der Waals surface area contributed by atoms with Gasteiger partial charge >= 0.3 is 0 Å². The van der Waals surface area contributed by atoms with Crippen LogP contribution in [0.15, 0.2) is 30.3 Å². The van der Waals surface area contributed by atoms with Crippen LogP contribution in [-0.2, 0) is 20.9 Å². The van der Waals surface area contributed by atoms with Gasteiger partial charge in [-0.1, -0.05) is 30.3 Å². The highest BCUT2D eigenvalue weighted by Crippen LogP contribution is 2.37. The summed E-state index contributed by atoms with van der Waals surface area (Å²) in [4.78, 5) is 37.3. The van der Waals surface area contributed by atoms with Crippen LogP contribution in [0.4, 0.5) is 0 Å². The molecule has 1 aromatic rings. The third-order valence-electron chi connectivity index (χ3n) is 4.02. The molecule has 2 unspecified atom stereocenters. The van der Waals surface area contributed by atoms with Gasteiger partial charge in [0.05, 0.1) is 18.4 Å². The van der Waals surface area contributed by atoms with Gasteiger partial charge in [0.1, 0.15) is 5.78 Å². The third kappa shape index (κ3) is 2.07. The van der Waals surface area contributed by atoms with Crippen LogP contribution >= 0.6 is 0 Å². The molecule has 3 rings (SSSR count). The zero-order chi connectivity index (χ0) is 13.4. The molecule has 4 heteroatoms. The van der Waals surface area contributed by atoms with E-state index in [1.165, 1.54) is 4.90 Å². The summed E-state index contributed by atoms with van der Waals surface area (Å²) in [7, 11) is 0. The lowest BCUT2D eigenvalue weighted by atomic mass is 9.80. The van der Waals surface area contributed by atoms with E-state index in [9.17, 15) is 14.4 Å². The number of carbonyl (C=O) groups excluding carboxylic acids is 3. The monoisotopic (exact) mass is 257 g/mol. The Morgan fingerprint density at radius 1 is 1.00 bits per heavy atom. The second-order valence-electron chi connectivity index (χ2n) is 5.24. The first-order valence-electron chi connectivity index (χ1n) is 6.57. The summed E-state index contributed by atoms with van der Waals surface area (Å²) in [5, 5.41) is 0. The van der Waals surface area contributed by atoms with Gasteiger partial charge in [0.25, 0.3) is 0 Å². The molecule has 1 aliphatic heterocycles. The number of fused-ring (bicyclic) bond motifs is 1. The smallest absolute Gasteiger partial charge is 0.233 e. The third-order valence-corrected chi connectivity index (χ3v) is 4.02. The standard InChI is InChI=1S/C15H15NO3/c17-11-6-7-12-13(8-11)15(19)16(14(12)18)9-10-4-2-1-3-5-10/h1-5,12-13H,6-9H2. The Morgan fingerprint density at radius 2 is 1.68 bits per heavy atom. The largest absolute Gasteiger partial charge is 0.300 e. The summed E-state index contributed by atoms with van der Waals surface area (Å²) < 4.78 is 0. The second-order valence-corrected chi connectivity index (χ2v) is 5.24. The molecule has 0 aromatic heterocycles. The van der Waals surface area contributed by atoms with Crippen molar-refractivity contribution in [3.8, 4) is 0 Å². The number of rotatable bonds is 2. The van der Waals surface area contributed by atoms with Gasteiger partial charge in [-0.3, -0.25) is 19.3 Å². The van der Waals surface area contributed by atoms with Gasteiger partial charge in [-0.05, 0) is 12.0 Å². The van der Waals surface area contributed by atoms with Crippen LogP contribution in [-0.4, -0.2) is 22.5 Å². The number of likely N-dealkylation sites (tertiary alicyclic amines) is 1. The Kier molecular flexibility index (Phi) is 2.93. The van der Waals surface area contributed by atoms with Crippen molar-refractivity contribution in [2.75, 3.05) is 0 Å². The van der Waals surface area contributed by atoms with E-state index in [0.717, 1.165) is 5.56 Å². The summed E-state index contributed by atoms with van der Waals surface area (Å²) >= 11 is 0. The number of ketones is 1. The van der Waals surface area contributed by atoms with E-state index in [-0.39, 0.29) is 29.9 Å². The van der Waals surface area contributed by atoms with Gasteiger partial charge in [-0.2, -0.15) is 0 Å². The van der Waals surface area contributed by atoms with Gasteiger partial charge in [0.2, 0.25) is 11.8 Å². The maximum atomic E-state index is 12.3. The quantitative estimate of drug-likeness (QED) is 0.755. The van der Waals surface area contributed by atoms with Gasteiger partial charge in [-0.25, -0.2) is 0 Å². The van der Waals surface area contributed by atoms with E-state index in [2.05, 4.69) is 0 Å². The molecular weight excluding hydrogens is 242 g/mol. The molecule has 0 N–H and O–H groups in total. The molecule has 2 fully saturated rings. The first-order valence-corrected chi connectivity index (χ1v) is 6.57. The van der Waals surface area contributed by atoms with E-state index in [0.29, 0.717) is 19.4 Å². The van der Waals surface area contributed by atoms with E-state index >= 15 is 0 Å². The number of amides is 2. The van der Waals surface area contributed by atoms with Crippen LogP contribution in [0.1, 0.15) is 24.8 Å². The van der Waals surface area contributed by atoms with Crippen molar-refractivity contribution >= 4 is 17.6 Å². The first kappa shape index (κ1) is 12.1. The van der Waals surface area contributed by atoms with E-state index in [1.807, 2.05) is 30.3 Å².